The van der Waals surface area contributed by atoms with Crippen molar-refractivity contribution in [2.24, 2.45) is 5.73 Å². The van der Waals surface area contributed by atoms with Crippen molar-refractivity contribution in [2.45, 2.75) is 166 Å². The van der Waals surface area contributed by atoms with Gasteiger partial charge in [-0.2, -0.15) is 0 Å². The highest BCUT2D eigenvalue weighted by Gasteiger charge is 2.26. The van der Waals surface area contributed by atoms with Gasteiger partial charge in [-0.1, -0.05) is 126 Å². The number of carboxylic acids is 1. The highest BCUT2D eigenvalue weighted by atomic mass is 32.2. The summed E-state index contributed by atoms with van der Waals surface area (Å²) in [6, 6.07) is -1.20. The second-order valence-electron chi connectivity index (χ2n) is 16.6. The number of hydrogen-bond acceptors (Lipinski definition) is 12. The molecule has 0 rings (SSSR count). The summed E-state index contributed by atoms with van der Waals surface area (Å²) in [6.45, 7) is 3.57. The van der Waals surface area contributed by atoms with Gasteiger partial charge in [0, 0.05) is 23.8 Å². The van der Waals surface area contributed by atoms with Gasteiger partial charge in [-0.15, -0.1) is 11.8 Å². The van der Waals surface area contributed by atoms with E-state index < -0.39 is 62.4 Å². The standard InChI is InChI=1S/C47H83N2O11PS/c1-6-8-10-12-14-16-18-20-22-24-26-28-30-35-46(53)57-38-41(39-59-61(55,56)58-37-36-49(3,4)5)60-47(54)42(48)40-62-44(43(50)32-31-34-45(51)52)33-29-27-25-23-21-19-17-15-13-11-9-7-2/h15-18,21,23,25,27,29,33,41-44,50H,6-14,19-20,22,24,26,28,30-32,34-40,48H2,1-5H3,(H-,51,52,55,56)/b17-15-,18-16-,23-21-,27-25+,33-29+/t41-,42+,43+,44-/m1/s1. The predicted molar refractivity (Wildman–Crippen MR) is 251 cm³/mol. The zero-order valence-electron chi connectivity index (χ0n) is 38.7. The van der Waals surface area contributed by atoms with E-state index in [9.17, 15) is 28.9 Å². The van der Waals surface area contributed by atoms with E-state index in [0.29, 0.717) is 17.4 Å². The molecule has 0 aliphatic rings. The van der Waals surface area contributed by atoms with Crippen LogP contribution >= 0.6 is 19.6 Å². The number of unbranched alkanes of at least 4 members (excludes halogenated alkanes) is 12. The Labute approximate surface area is 378 Å². The number of aliphatic hydroxyl groups is 1. The number of aliphatic hydroxyl groups excluding tert-OH is 1. The zero-order chi connectivity index (χ0) is 46.3. The number of rotatable bonds is 41. The topological polar surface area (TPSA) is 195 Å². The summed E-state index contributed by atoms with van der Waals surface area (Å²) in [5.41, 5.74) is 6.23. The lowest BCUT2D eigenvalue weighted by atomic mass is 10.1. The molecule has 358 valence electrons. The van der Waals surface area contributed by atoms with Crippen LogP contribution in [0.25, 0.3) is 0 Å². The summed E-state index contributed by atoms with van der Waals surface area (Å²) in [5.74, 6) is -2.34. The van der Waals surface area contributed by atoms with E-state index in [1.165, 1.54) is 56.7 Å². The van der Waals surface area contributed by atoms with Crippen LogP contribution in [0, 0.1) is 0 Å². The Kier molecular flexibility index (Phi) is 37.3. The monoisotopic (exact) mass is 915 g/mol. The Balaban J connectivity index is 5.33. The van der Waals surface area contributed by atoms with Gasteiger partial charge in [0.2, 0.25) is 0 Å². The molecule has 0 radical (unpaired) electrons. The van der Waals surface area contributed by atoms with Crippen LogP contribution in [0.4, 0.5) is 0 Å². The Morgan fingerprint density at radius 2 is 1.35 bits per heavy atom. The largest absolute Gasteiger partial charge is 0.756 e. The lowest BCUT2D eigenvalue weighted by Crippen LogP contribution is -2.40. The van der Waals surface area contributed by atoms with Crippen molar-refractivity contribution in [1.82, 2.24) is 0 Å². The van der Waals surface area contributed by atoms with Crippen molar-refractivity contribution >= 4 is 37.5 Å². The van der Waals surface area contributed by atoms with Gasteiger partial charge in [-0.05, 0) is 64.2 Å². The smallest absolute Gasteiger partial charge is 0.324 e. The van der Waals surface area contributed by atoms with Crippen LogP contribution < -0.4 is 10.6 Å². The number of carbonyl (C=O) groups excluding carboxylic acids is 2. The van der Waals surface area contributed by atoms with Crippen molar-refractivity contribution in [3.8, 4) is 0 Å². The van der Waals surface area contributed by atoms with Crippen LogP contribution in [-0.4, -0.2) is 109 Å². The van der Waals surface area contributed by atoms with E-state index in [1.807, 2.05) is 45.4 Å². The second kappa shape index (κ2) is 38.9. The van der Waals surface area contributed by atoms with Crippen LogP contribution in [0.3, 0.4) is 0 Å². The van der Waals surface area contributed by atoms with Gasteiger partial charge in [-0.25, -0.2) is 0 Å². The summed E-state index contributed by atoms with van der Waals surface area (Å²) in [6.07, 6.45) is 35.8. The number of esters is 2. The first-order valence-corrected chi connectivity index (χ1v) is 25.4. The van der Waals surface area contributed by atoms with E-state index in [-0.39, 0.29) is 38.0 Å². The molecule has 0 aromatic carbocycles. The first-order chi connectivity index (χ1) is 29.6. The number of phosphoric acid groups is 1. The molecular formula is C47H83N2O11PS. The minimum atomic E-state index is -4.79. The summed E-state index contributed by atoms with van der Waals surface area (Å²) in [4.78, 5) is 49.4. The molecule has 0 bridgehead atoms. The van der Waals surface area contributed by atoms with Crippen molar-refractivity contribution in [3.63, 3.8) is 0 Å². The summed E-state index contributed by atoms with van der Waals surface area (Å²) >= 11 is 1.20. The summed E-state index contributed by atoms with van der Waals surface area (Å²) in [5, 5.41) is 19.5. The fourth-order valence-corrected chi connectivity index (χ4v) is 7.57. The number of quaternary nitrogens is 1. The van der Waals surface area contributed by atoms with Gasteiger partial charge in [0.25, 0.3) is 7.82 Å². The number of ether oxygens (including phenoxy) is 2. The van der Waals surface area contributed by atoms with Crippen LogP contribution in [0.15, 0.2) is 60.8 Å². The number of carboxylic acid groups (broad SMARTS) is 1. The van der Waals surface area contributed by atoms with Gasteiger partial charge in [0.05, 0.1) is 33.9 Å². The van der Waals surface area contributed by atoms with Crippen LogP contribution in [0.1, 0.15) is 142 Å². The fourth-order valence-electron chi connectivity index (χ4n) is 5.72. The lowest BCUT2D eigenvalue weighted by Gasteiger charge is -2.28. The van der Waals surface area contributed by atoms with Crippen molar-refractivity contribution < 1.29 is 57.1 Å². The molecule has 0 aliphatic carbocycles. The first-order valence-electron chi connectivity index (χ1n) is 22.9. The number of aliphatic carboxylic acids is 1. The third kappa shape index (κ3) is 39.1. The molecule has 0 fully saturated rings. The Bertz CT molecular complexity index is 1370. The Hall–Kier alpha value is -2.55. The number of thioether (sulfide) groups is 1. The predicted octanol–water partition coefficient (Wildman–Crippen LogP) is 9.15. The van der Waals surface area contributed by atoms with Crippen LogP contribution in [0.2, 0.25) is 0 Å². The van der Waals surface area contributed by atoms with E-state index >= 15 is 0 Å². The third-order valence-corrected chi connectivity index (χ3v) is 11.9. The molecule has 0 heterocycles. The Morgan fingerprint density at radius 1 is 0.758 bits per heavy atom. The van der Waals surface area contributed by atoms with Crippen molar-refractivity contribution in [1.29, 1.82) is 0 Å². The number of hydrogen-bond donors (Lipinski definition) is 3. The van der Waals surface area contributed by atoms with Gasteiger partial charge in [-0.3, -0.25) is 18.9 Å². The first kappa shape index (κ1) is 59.5. The molecular weight excluding hydrogens is 832 g/mol. The number of nitrogens with zero attached hydrogens (tertiary/aromatic N) is 1. The molecule has 0 saturated heterocycles. The minimum absolute atomic E-state index is 0.00888. The van der Waals surface area contributed by atoms with E-state index in [0.717, 1.165) is 51.4 Å². The summed E-state index contributed by atoms with van der Waals surface area (Å²) in [7, 11) is 0.854. The Morgan fingerprint density at radius 3 is 2.02 bits per heavy atom. The quantitative estimate of drug-likeness (QED) is 0.0131. The second-order valence-corrected chi connectivity index (χ2v) is 19.2. The number of carbonyl (C=O) groups is 3. The maximum atomic E-state index is 13.2. The minimum Gasteiger partial charge on any atom is -0.756 e. The van der Waals surface area contributed by atoms with E-state index in [4.69, 9.17) is 29.4 Å². The van der Waals surface area contributed by atoms with Crippen LogP contribution in [0.5, 0.6) is 0 Å². The van der Waals surface area contributed by atoms with Gasteiger partial charge in [0.15, 0.2) is 6.10 Å². The maximum absolute atomic E-state index is 13.2. The molecule has 62 heavy (non-hydrogen) atoms. The normalized spacial score (nSPS) is 15.5. The van der Waals surface area contributed by atoms with E-state index in [1.54, 1.807) is 12.2 Å². The summed E-state index contributed by atoms with van der Waals surface area (Å²) < 4.78 is 33.9. The zero-order valence-corrected chi connectivity index (χ0v) is 40.4. The van der Waals surface area contributed by atoms with Crippen molar-refractivity contribution in [3.05, 3.63) is 60.8 Å². The number of nitrogens with two attached hydrogens (primary N) is 1. The lowest BCUT2D eigenvalue weighted by molar-refractivity contribution is -0.870. The van der Waals surface area contributed by atoms with E-state index in [2.05, 4.69) is 38.2 Å². The average Bonchev–Trinajstić information content (AvgIpc) is 3.21. The van der Waals surface area contributed by atoms with Crippen LogP contribution in [-0.2, 0) is 37.5 Å². The van der Waals surface area contributed by atoms with Gasteiger partial charge >= 0.3 is 17.9 Å². The molecule has 15 heteroatoms. The van der Waals surface area contributed by atoms with Gasteiger partial charge in [0.1, 0.15) is 25.8 Å². The molecule has 0 saturated carbocycles. The maximum Gasteiger partial charge on any atom is 0.324 e. The molecule has 5 atom stereocenters. The molecule has 13 nitrogen and oxygen atoms in total. The molecule has 0 spiro atoms. The highest BCUT2D eigenvalue weighted by molar-refractivity contribution is 8.00. The number of allylic oxidation sites excluding steroid dienone is 9. The molecule has 1 unspecified atom stereocenters. The average molecular weight is 915 g/mol. The number of phosphoric ester groups is 1. The third-order valence-electron chi connectivity index (χ3n) is 9.51. The SMILES string of the molecule is CCCCC/C=C\C\C=C/C=C/C=C/[C@@H](SC[C@H](N)C(=O)O[C@H](COC(=O)CCCCCCC/C=C\CCCCCC)COP(=O)([O-])OCC[N+](C)(C)C)[C@@H](O)CCCC(=O)O. The molecule has 0 aromatic heterocycles. The highest BCUT2D eigenvalue weighted by Crippen LogP contribution is 2.38. The van der Waals surface area contributed by atoms with Crippen molar-refractivity contribution in [2.75, 3.05) is 53.3 Å². The molecule has 0 amide bonds. The molecule has 0 aromatic rings. The molecule has 0 aliphatic heterocycles. The fraction of sp³-hybridized carbons (Fsp3) is 0.723. The number of likely N-dealkylation sites (N-methyl/N-ethyl adjacent to an activating group) is 1. The molecule has 4 N–H and O–H groups in total. The van der Waals surface area contributed by atoms with Gasteiger partial charge < -0.3 is 43.8 Å².